The van der Waals surface area contributed by atoms with Gasteiger partial charge in [0, 0.05) is 0 Å². The minimum absolute atomic E-state index is 0. The molecule has 0 aliphatic carbocycles. The molecular formula is C14H12N4Y+. The first-order chi connectivity index (χ1) is 8.95. The second-order valence-corrected chi connectivity index (χ2v) is 3.35. The Labute approximate surface area is 137 Å². The number of hydrogen-bond donors (Lipinski definition) is 0. The zero-order valence-electron chi connectivity index (χ0n) is 10.3. The minimum Gasteiger partial charge on any atom is -0.588 e. The second kappa shape index (κ2) is 9.42. The Hall–Kier alpha value is -1.52. The molecular weight excluding hydrogens is 313 g/mol. The van der Waals surface area contributed by atoms with E-state index in [1.807, 2.05) is 60.7 Å². The molecule has 0 atom stereocenters. The molecule has 90 valence electrons. The van der Waals surface area contributed by atoms with Gasteiger partial charge in [0.15, 0.2) is 0 Å². The van der Waals surface area contributed by atoms with Gasteiger partial charge in [-0.1, -0.05) is 30.3 Å². The van der Waals surface area contributed by atoms with Gasteiger partial charge in [0.25, 0.3) is 0 Å². The number of rotatable bonds is 2. The zero-order chi connectivity index (χ0) is 12.5. The van der Waals surface area contributed by atoms with Gasteiger partial charge in [-0.2, -0.15) is 36.4 Å². The van der Waals surface area contributed by atoms with Crippen molar-refractivity contribution in [2.24, 2.45) is 0 Å². The van der Waals surface area contributed by atoms with Gasteiger partial charge in [0.05, 0.1) is 0 Å². The molecule has 4 nitrogen and oxygen atoms in total. The number of aromatic nitrogens is 3. The van der Waals surface area contributed by atoms with Crippen molar-refractivity contribution in [3.05, 3.63) is 84.8 Å². The van der Waals surface area contributed by atoms with Crippen molar-refractivity contribution >= 4 is 5.69 Å². The molecule has 3 aromatic rings. The van der Waals surface area contributed by atoms with Gasteiger partial charge in [0.2, 0.25) is 0 Å². The first-order valence-electron chi connectivity index (χ1n) is 5.48. The Morgan fingerprint density at radius 3 is 1.89 bits per heavy atom. The normalized spacial score (nSPS) is 8.63. The second-order valence-electron chi connectivity index (χ2n) is 3.35. The Balaban J connectivity index is 0.000000220. The van der Waals surface area contributed by atoms with Crippen molar-refractivity contribution in [3.8, 4) is 0 Å². The molecule has 0 radical (unpaired) electrons. The van der Waals surface area contributed by atoms with Gasteiger partial charge in [-0.15, -0.1) is 15.9 Å². The fourth-order valence-electron chi connectivity index (χ4n) is 1.22. The van der Waals surface area contributed by atoms with Crippen LogP contribution in [0.15, 0.2) is 73.3 Å². The van der Waals surface area contributed by atoms with Gasteiger partial charge in [-0.25, -0.2) is 0 Å². The Kier molecular flexibility index (Phi) is 7.70. The van der Waals surface area contributed by atoms with Crippen molar-refractivity contribution < 1.29 is 32.7 Å². The number of hydrogen-bond acceptors (Lipinski definition) is 2. The molecule has 19 heavy (non-hydrogen) atoms. The Bertz CT molecular complexity index is 499. The fourth-order valence-corrected chi connectivity index (χ4v) is 1.22. The maximum atomic E-state index is 4.19. The van der Waals surface area contributed by atoms with Crippen LogP contribution in [-0.2, 0) is 32.7 Å². The van der Waals surface area contributed by atoms with Gasteiger partial charge >= 0.3 is 32.7 Å². The summed E-state index contributed by atoms with van der Waals surface area (Å²) in [5.74, 6) is 0. The SMILES string of the molecule is [Y+3].[c-]1ccccc1.c1ccc([N-]n2cnnc2)cc1. The first kappa shape index (κ1) is 15.5. The number of nitrogens with zero attached hydrogens (tertiary/aromatic N) is 4. The predicted octanol–water partition coefficient (Wildman–Crippen LogP) is 3.23. The fraction of sp³-hybridized carbons (Fsp3) is 0. The Morgan fingerprint density at radius 2 is 1.42 bits per heavy atom. The summed E-state index contributed by atoms with van der Waals surface area (Å²) in [4.78, 5) is 0. The monoisotopic (exact) mass is 325 g/mol. The van der Waals surface area contributed by atoms with E-state index in [1.165, 1.54) is 0 Å². The van der Waals surface area contributed by atoms with E-state index in [1.54, 1.807) is 17.3 Å². The third-order valence-corrected chi connectivity index (χ3v) is 2.00. The van der Waals surface area contributed by atoms with E-state index in [9.17, 15) is 0 Å². The van der Waals surface area contributed by atoms with Crippen LogP contribution in [0.1, 0.15) is 0 Å². The third-order valence-electron chi connectivity index (χ3n) is 2.00. The maximum Gasteiger partial charge on any atom is 3.00 e. The number of benzene rings is 2. The molecule has 0 saturated carbocycles. The topological polar surface area (TPSA) is 44.8 Å². The van der Waals surface area contributed by atoms with Crippen molar-refractivity contribution in [2.75, 3.05) is 0 Å². The van der Waals surface area contributed by atoms with E-state index in [2.05, 4.69) is 21.7 Å². The molecule has 0 amide bonds. The maximum absolute atomic E-state index is 4.19. The van der Waals surface area contributed by atoms with Crippen LogP contribution in [0.2, 0.25) is 0 Å². The van der Waals surface area contributed by atoms with E-state index in [0.717, 1.165) is 5.69 Å². The molecule has 5 heteroatoms. The minimum atomic E-state index is 0. The van der Waals surface area contributed by atoms with Gasteiger partial charge in [0.1, 0.15) is 12.7 Å². The van der Waals surface area contributed by atoms with Crippen LogP contribution < -0.4 is 0 Å². The van der Waals surface area contributed by atoms with Crippen molar-refractivity contribution in [1.29, 1.82) is 0 Å². The van der Waals surface area contributed by atoms with Crippen LogP contribution in [0.3, 0.4) is 0 Å². The molecule has 0 aliphatic heterocycles. The molecule has 1 heterocycles. The van der Waals surface area contributed by atoms with Gasteiger partial charge < -0.3 is 10.1 Å². The summed E-state index contributed by atoms with van der Waals surface area (Å²) in [5, 5.41) is 7.28. The Morgan fingerprint density at radius 1 is 0.842 bits per heavy atom. The predicted molar refractivity (Wildman–Crippen MR) is 70.2 cm³/mol. The molecule has 0 saturated heterocycles. The molecule has 2 aromatic carbocycles. The van der Waals surface area contributed by atoms with Crippen molar-refractivity contribution in [1.82, 2.24) is 14.9 Å². The van der Waals surface area contributed by atoms with Gasteiger partial charge in [-0.3, -0.25) is 0 Å². The molecule has 3 rings (SSSR count). The third kappa shape index (κ3) is 6.27. The summed E-state index contributed by atoms with van der Waals surface area (Å²) in [6.45, 7) is 0. The van der Waals surface area contributed by atoms with E-state index in [-0.39, 0.29) is 32.7 Å². The molecule has 0 unspecified atom stereocenters. The standard InChI is InChI=1S/C8H7N4.C6H5.Y/c1-2-4-8(5-3-1)11-12-6-9-10-7-12;1-2-4-6-5-3-1;/h1-7H;1-5H;/q2*-1;+3. The van der Waals surface area contributed by atoms with Crippen molar-refractivity contribution in [2.45, 2.75) is 0 Å². The molecule has 0 bridgehead atoms. The largest absolute Gasteiger partial charge is 3.00 e. The summed E-state index contributed by atoms with van der Waals surface area (Å²) < 4.78 is 1.56. The van der Waals surface area contributed by atoms with E-state index >= 15 is 0 Å². The summed E-state index contributed by atoms with van der Waals surface area (Å²) >= 11 is 0. The molecule has 0 N–H and O–H groups in total. The van der Waals surface area contributed by atoms with E-state index < -0.39 is 0 Å². The van der Waals surface area contributed by atoms with Gasteiger partial charge in [-0.05, 0) is 0 Å². The van der Waals surface area contributed by atoms with Crippen LogP contribution >= 0.6 is 0 Å². The molecule has 0 spiro atoms. The molecule has 0 aliphatic rings. The summed E-state index contributed by atoms with van der Waals surface area (Å²) in [6, 6.07) is 22.2. The van der Waals surface area contributed by atoms with Crippen LogP contribution in [-0.4, -0.2) is 14.9 Å². The smallest absolute Gasteiger partial charge is 0.588 e. The van der Waals surface area contributed by atoms with E-state index in [0.29, 0.717) is 0 Å². The molecule has 1 aromatic heterocycles. The summed E-state index contributed by atoms with van der Waals surface area (Å²) in [7, 11) is 0. The van der Waals surface area contributed by atoms with Crippen molar-refractivity contribution in [3.63, 3.8) is 0 Å². The zero-order valence-corrected chi connectivity index (χ0v) is 13.1. The molecule has 0 fully saturated rings. The van der Waals surface area contributed by atoms with Crippen LogP contribution in [0.5, 0.6) is 0 Å². The van der Waals surface area contributed by atoms with Crippen LogP contribution in [0.25, 0.3) is 5.43 Å². The van der Waals surface area contributed by atoms with Crippen LogP contribution in [0.4, 0.5) is 5.69 Å². The average Bonchev–Trinajstić information content (AvgIpc) is 2.96. The summed E-state index contributed by atoms with van der Waals surface area (Å²) in [6.07, 6.45) is 3.10. The van der Waals surface area contributed by atoms with Crippen LogP contribution in [0, 0.1) is 6.07 Å². The summed E-state index contributed by atoms with van der Waals surface area (Å²) in [5.41, 5.74) is 5.08. The van der Waals surface area contributed by atoms with E-state index in [4.69, 9.17) is 0 Å². The average molecular weight is 325 g/mol. The quantitative estimate of drug-likeness (QED) is 0.679. The first-order valence-corrected chi connectivity index (χ1v) is 5.48.